The van der Waals surface area contributed by atoms with Gasteiger partial charge in [-0.3, -0.25) is 0 Å². The predicted octanol–water partition coefficient (Wildman–Crippen LogP) is 2.49. The van der Waals surface area contributed by atoms with E-state index in [9.17, 15) is 4.79 Å². The molecule has 4 rings (SSSR count). The van der Waals surface area contributed by atoms with Crippen molar-refractivity contribution in [2.24, 2.45) is 5.92 Å². The van der Waals surface area contributed by atoms with Crippen LogP contribution in [0.15, 0.2) is 36.5 Å². The molecule has 2 aliphatic rings. The Hall–Kier alpha value is -2.43. The third-order valence-electron chi connectivity index (χ3n) is 5.40. The van der Waals surface area contributed by atoms with Crippen LogP contribution in [0.4, 0.5) is 4.79 Å². The van der Waals surface area contributed by atoms with E-state index in [1.54, 1.807) is 6.20 Å². The molecular weight excluding hydrogens is 300 g/mol. The topological polar surface area (TPSA) is 66.9 Å². The molecule has 2 aromatic rings. The molecule has 0 unspecified atom stereocenters. The molecule has 0 bridgehead atoms. The number of carbonyl (C=O) groups excluding carboxylic acids is 1. The zero-order valence-corrected chi connectivity index (χ0v) is 13.9. The smallest absolute Gasteiger partial charge is 0.315 e. The highest BCUT2D eigenvalue weighted by Crippen LogP contribution is 2.61. The van der Waals surface area contributed by atoms with Crippen LogP contribution in [0.3, 0.4) is 0 Å². The lowest BCUT2D eigenvalue weighted by Gasteiger charge is -2.12. The van der Waals surface area contributed by atoms with Crippen molar-refractivity contribution in [1.29, 1.82) is 0 Å². The van der Waals surface area contributed by atoms with Crippen LogP contribution in [-0.2, 0) is 18.4 Å². The lowest BCUT2D eigenvalue weighted by Crippen LogP contribution is -2.37. The van der Waals surface area contributed by atoms with Gasteiger partial charge < -0.3 is 10.6 Å². The Morgan fingerprint density at radius 1 is 1.29 bits per heavy atom. The van der Waals surface area contributed by atoms with Crippen LogP contribution >= 0.6 is 0 Å². The molecule has 1 aromatic heterocycles. The highest BCUT2D eigenvalue weighted by Gasteiger charge is 2.57. The number of rotatable bonds is 4. The molecule has 2 aliphatic carbocycles. The van der Waals surface area contributed by atoms with Gasteiger partial charge in [0, 0.05) is 18.2 Å². The minimum absolute atomic E-state index is 0.125. The fourth-order valence-corrected chi connectivity index (χ4v) is 4.05. The second kappa shape index (κ2) is 5.89. The molecule has 1 spiro atoms. The first-order valence-corrected chi connectivity index (χ1v) is 8.56. The van der Waals surface area contributed by atoms with Crippen LogP contribution in [0, 0.1) is 12.8 Å². The van der Waals surface area contributed by atoms with Crippen molar-refractivity contribution < 1.29 is 4.79 Å². The molecule has 1 heterocycles. The van der Waals surface area contributed by atoms with E-state index < -0.39 is 0 Å². The molecule has 1 fully saturated rings. The average Bonchev–Trinajstić information content (AvgIpc) is 3.18. The van der Waals surface area contributed by atoms with Crippen molar-refractivity contribution in [1.82, 2.24) is 20.6 Å². The molecule has 1 saturated carbocycles. The Balaban J connectivity index is 1.27. The number of aromatic nitrogens is 2. The van der Waals surface area contributed by atoms with Crippen LogP contribution in [0.2, 0.25) is 0 Å². The van der Waals surface area contributed by atoms with Gasteiger partial charge in [-0.1, -0.05) is 24.3 Å². The number of aryl methyl sites for hydroxylation is 2. The van der Waals surface area contributed by atoms with Gasteiger partial charge in [0.25, 0.3) is 0 Å². The zero-order chi connectivity index (χ0) is 16.6. The summed E-state index contributed by atoms with van der Waals surface area (Å²) in [5.74, 6) is 1.28. The van der Waals surface area contributed by atoms with Crippen LogP contribution in [0.25, 0.3) is 0 Å². The summed E-state index contributed by atoms with van der Waals surface area (Å²) in [7, 11) is 0. The molecule has 5 nitrogen and oxygen atoms in total. The van der Waals surface area contributed by atoms with Crippen molar-refractivity contribution in [3.05, 3.63) is 59.2 Å². The predicted molar refractivity (Wildman–Crippen MR) is 91.6 cm³/mol. The fourth-order valence-electron chi connectivity index (χ4n) is 4.05. The van der Waals surface area contributed by atoms with E-state index >= 15 is 0 Å². The second-order valence-electron chi connectivity index (χ2n) is 6.87. The SMILES string of the molecule is Cc1nccc(CNC(=O)NC[C@@H]2C[C@@]23CCc2ccccc23)n1. The number of nitrogens with one attached hydrogen (secondary N) is 2. The first-order valence-electron chi connectivity index (χ1n) is 8.56. The van der Waals surface area contributed by atoms with Gasteiger partial charge in [0.1, 0.15) is 5.82 Å². The van der Waals surface area contributed by atoms with E-state index in [1.807, 2.05) is 13.0 Å². The summed E-state index contributed by atoms with van der Waals surface area (Å²) in [5, 5.41) is 5.89. The van der Waals surface area contributed by atoms with Gasteiger partial charge in [-0.05, 0) is 49.3 Å². The lowest BCUT2D eigenvalue weighted by atomic mass is 9.95. The van der Waals surface area contributed by atoms with Crippen molar-refractivity contribution in [2.45, 2.75) is 38.1 Å². The average molecular weight is 322 g/mol. The molecule has 2 N–H and O–H groups in total. The number of benzene rings is 1. The first kappa shape index (κ1) is 15.1. The van der Waals surface area contributed by atoms with Crippen molar-refractivity contribution >= 4 is 6.03 Å². The number of carbonyl (C=O) groups is 1. The molecule has 124 valence electrons. The first-order chi connectivity index (χ1) is 11.7. The lowest BCUT2D eigenvalue weighted by molar-refractivity contribution is 0.239. The van der Waals surface area contributed by atoms with Crippen LogP contribution in [0.1, 0.15) is 35.5 Å². The summed E-state index contributed by atoms with van der Waals surface area (Å²) in [4.78, 5) is 20.4. The van der Waals surface area contributed by atoms with Crippen molar-refractivity contribution in [3.8, 4) is 0 Å². The summed E-state index contributed by atoms with van der Waals surface area (Å²) >= 11 is 0. The third-order valence-corrected chi connectivity index (χ3v) is 5.40. The van der Waals surface area contributed by atoms with Gasteiger partial charge in [-0.25, -0.2) is 14.8 Å². The monoisotopic (exact) mass is 322 g/mol. The van der Waals surface area contributed by atoms with Crippen LogP contribution in [-0.4, -0.2) is 22.5 Å². The van der Waals surface area contributed by atoms with Gasteiger partial charge in [0.05, 0.1) is 12.2 Å². The largest absolute Gasteiger partial charge is 0.338 e. The quantitative estimate of drug-likeness (QED) is 0.909. The van der Waals surface area contributed by atoms with E-state index in [0.717, 1.165) is 18.1 Å². The fraction of sp³-hybridized carbons (Fsp3) is 0.421. The van der Waals surface area contributed by atoms with Gasteiger partial charge in [0.2, 0.25) is 0 Å². The van der Waals surface area contributed by atoms with Crippen molar-refractivity contribution in [3.63, 3.8) is 0 Å². The standard InChI is InChI=1S/C19H22N4O/c1-13-20-9-7-16(23-13)12-22-18(24)21-11-15-10-19(15)8-6-14-4-2-3-5-17(14)19/h2-5,7,9,15H,6,8,10-12H2,1H3,(H2,21,22,24)/t15-,19-/m0/s1. The molecule has 2 amide bonds. The molecule has 2 atom stereocenters. The normalized spacial score (nSPS) is 23.8. The molecule has 5 heteroatoms. The summed E-state index contributed by atoms with van der Waals surface area (Å²) in [6.45, 7) is 3.01. The maximum atomic E-state index is 12.0. The van der Waals surface area contributed by atoms with E-state index in [4.69, 9.17) is 0 Å². The van der Waals surface area contributed by atoms with E-state index in [0.29, 0.717) is 17.9 Å². The Bertz CT molecular complexity index is 775. The highest BCUT2D eigenvalue weighted by atomic mass is 16.2. The van der Waals surface area contributed by atoms with Gasteiger partial charge in [-0.2, -0.15) is 0 Å². The second-order valence-corrected chi connectivity index (χ2v) is 6.87. The number of nitrogens with zero attached hydrogens (tertiary/aromatic N) is 2. The van der Waals surface area contributed by atoms with Crippen LogP contribution in [0.5, 0.6) is 0 Å². The minimum atomic E-state index is -0.125. The van der Waals surface area contributed by atoms with Gasteiger partial charge in [0.15, 0.2) is 0 Å². The van der Waals surface area contributed by atoms with Gasteiger partial charge in [-0.15, -0.1) is 0 Å². The summed E-state index contributed by atoms with van der Waals surface area (Å²) in [6.07, 6.45) is 5.30. The molecule has 24 heavy (non-hydrogen) atoms. The number of hydrogen-bond acceptors (Lipinski definition) is 3. The third kappa shape index (κ3) is 2.75. The number of fused-ring (bicyclic) bond motifs is 2. The summed E-state index contributed by atoms with van der Waals surface area (Å²) < 4.78 is 0. The van der Waals surface area contributed by atoms with E-state index in [2.05, 4.69) is 44.9 Å². The Labute approximate surface area is 141 Å². The number of amides is 2. The molecule has 0 saturated heterocycles. The maximum Gasteiger partial charge on any atom is 0.315 e. The molecule has 0 aliphatic heterocycles. The Morgan fingerprint density at radius 2 is 2.17 bits per heavy atom. The molecule has 1 aromatic carbocycles. The van der Waals surface area contributed by atoms with Crippen LogP contribution < -0.4 is 10.6 Å². The van der Waals surface area contributed by atoms with Gasteiger partial charge >= 0.3 is 6.03 Å². The molecule has 0 radical (unpaired) electrons. The number of hydrogen-bond donors (Lipinski definition) is 2. The maximum absolute atomic E-state index is 12.0. The number of urea groups is 1. The van der Waals surface area contributed by atoms with Crippen molar-refractivity contribution in [2.75, 3.05) is 6.54 Å². The summed E-state index contributed by atoms with van der Waals surface area (Å²) in [6, 6.07) is 10.4. The molecular formula is C19H22N4O. The Kier molecular flexibility index (Phi) is 3.71. The minimum Gasteiger partial charge on any atom is -0.338 e. The van der Waals surface area contributed by atoms with E-state index in [-0.39, 0.29) is 6.03 Å². The Morgan fingerprint density at radius 3 is 3.04 bits per heavy atom. The highest BCUT2D eigenvalue weighted by molar-refractivity contribution is 5.73. The zero-order valence-electron chi connectivity index (χ0n) is 13.9. The van der Waals surface area contributed by atoms with E-state index in [1.165, 1.54) is 30.4 Å². The summed E-state index contributed by atoms with van der Waals surface area (Å²) in [5.41, 5.74) is 4.15.